The number of nitrogens with zero attached hydrogens (tertiary/aromatic N) is 1. The Kier molecular flexibility index (Phi) is 5.50. The molecule has 0 unspecified atom stereocenters. The molecular weight excluding hydrogens is 490 g/mol. The highest BCUT2D eigenvalue weighted by Gasteiger charge is 2.16. The van der Waals surface area contributed by atoms with Gasteiger partial charge in [-0.3, -0.25) is 4.98 Å². The van der Waals surface area contributed by atoms with Gasteiger partial charge in [0.15, 0.2) is 0 Å². The van der Waals surface area contributed by atoms with Crippen molar-refractivity contribution in [2.24, 2.45) is 0 Å². The van der Waals surface area contributed by atoms with E-state index in [0.717, 1.165) is 44.3 Å². The molecule has 0 saturated carbocycles. The molecule has 0 spiro atoms. The van der Waals surface area contributed by atoms with Gasteiger partial charge < -0.3 is 4.42 Å². The highest BCUT2D eigenvalue weighted by molar-refractivity contribution is 6.88. The van der Waals surface area contributed by atoms with Crippen LogP contribution in [0.2, 0.25) is 19.6 Å². The molecule has 0 aliphatic rings. The van der Waals surface area contributed by atoms with E-state index in [0.29, 0.717) is 0 Å². The van der Waals surface area contributed by atoms with Crippen molar-refractivity contribution in [3.8, 4) is 33.5 Å². The average Bonchev–Trinajstić information content (AvgIpc) is 3.35. The van der Waals surface area contributed by atoms with E-state index in [1.54, 1.807) is 0 Å². The Hall–Kier alpha value is -4.47. The minimum atomic E-state index is -1.30. The molecule has 0 bridgehead atoms. The molecule has 2 aromatic heterocycles. The van der Waals surface area contributed by atoms with Gasteiger partial charge in [-0.15, -0.1) is 0 Å². The highest BCUT2D eigenvalue weighted by atomic mass is 28.3. The van der Waals surface area contributed by atoms with E-state index in [4.69, 9.17) is 9.40 Å². The molecule has 0 atom stereocenters. The van der Waals surface area contributed by atoms with Gasteiger partial charge in [-0.25, -0.2) is 0 Å². The summed E-state index contributed by atoms with van der Waals surface area (Å²) in [6, 6.07) is 41.2. The van der Waals surface area contributed by atoms with Gasteiger partial charge in [0.1, 0.15) is 11.2 Å². The quantitative estimate of drug-likeness (QED) is 0.216. The number of pyridine rings is 1. The van der Waals surface area contributed by atoms with Crippen LogP contribution in [0.15, 0.2) is 126 Å². The van der Waals surface area contributed by atoms with Crippen LogP contribution in [0.3, 0.4) is 0 Å². The van der Waals surface area contributed by atoms with Crippen molar-refractivity contribution < 1.29 is 4.42 Å². The Balaban J connectivity index is 1.23. The minimum absolute atomic E-state index is 0.884. The molecule has 0 fully saturated rings. The molecule has 5 aromatic carbocycles. The lowest BCUT2D eigenvalue weighted by molar-refractivity contribution is 0.670. The second-order valence-corrected chi connectivity index (χ2v) is 16.4. The van der Waals surface area contributed by atoms with Crippen molar-refractivity contribution in [1.29, 1.82) is 0 Å². The summed E-state index contributed by atoms with van der Waals surface area (Å²) in [5.41, 5.74) is 8.47. The first-order valence-electron chi connectivity index (χ1n) is 13.5. The molecule has 2 nitrogen and oxygen atoms in total. The third-order valence-corrected chi connectivity index (χ3v) is 9.77. The first-order valence-corrected chi connectivity index (χ1v) is 17.0. The number of fused-ring (bicyclic) bond motifs is 4. The summed E-state index contributed by atoms with van der Waals surface area (Å²) in [5, 5.41) is 6.21. The van der Waals surface area contributed by atoms with Crippen LogP contribution in [0.5, 0.6) is 0 Å². The first-order chi connectivity index (χ1) is 18.9. The molecule has 0 saturated heterocycles. The number of hydrogen-bond donors (Lipinski definition) is 0. The first kappa shape index (κ1) is 23.6. The van der Waals surface area contributed by atoms with Gasteiger partial charge in [-0.1, -0.05) is 110 Å². The maximum atomic E-state index is 6.23. The molecule has 188 valence electrons. The van der Waals surface area contributed by atoms with E-state index in [-0.39, 0.29) is 0 Å². The second-order valence-electron chi connectivity index (χ2n) is 11.3. The van der Waals surface area contributed by atoms with E-state index in [1.807, 2.05) is 24.4 Å². The largest absolute Gasteiger partial charge is 0.455 e. The summed E-state index contributed by atoms with van der Waals surface area (Å²) in [7, 11) is -1.30. The van der Waals surface area contributed by atoms with Crippen LogP contribution in [-0.2, 0) is 0 Å². The van der Waals surface area contributed by atoms with Gasteiger partial charge in [0.05, 0.1) is 13.8 Å². The number of furan rings is 1. The van der Waals surface area contributed by atoms with Crippen molar-refractivity contribution in [3.05, 3.63) is 121 Å². The summed E-state index contributed by atoms with van der Waals surface area (Å²) in [5.74, 6) is 0. The summed E-state index contributed by atoms with van der Waals surface area (Å²) in [6.07, 6.45) is 1.97. The van der Waals surface area contributed by atoms with Crippen LogP contribution in [0.1, 0.15) is 0 Å². The third kappa shape index (κ3) is 4.25. The lowest BCUT2D eigenvalue weighted by Crippen LogP contribution is -2.37. The van der Waals surface area contributed by atoms with Gasteiger partial charge in [0.25, 0.3) is 0 Å². The summed E-state index contributed by atoms with van der Waals surface area (Å²) in [4.78, 5) is 4.86. The van der Waals surface area contributed by atoms with Crippen molar-refractivity contribution in [1.82, 2.24) is 4.98 Å². The monoisotopic (exact) mass is 519 g/mol. The molecule has 0 amide bonds. The average molecular weight is 520 g/mol. The topological polar surface area (TPSA) is 26.0 Å². The Morgan fingerprint density at radius 3 is 1.95 bits per heavy atom. The number of hydrogen-bond acceptors (Lipinski definition) is 2. The van der Waals surface area contributed by atoms with Gasteiger partial charge in [0.2, 0.25) is 0 Å². The minimum Gasteiger partial charge on any atom is -0.455 e. The van der Waals surface area contributed by atoms with Gasteiger partial charge in [-0.05, 0) is 57.8 Å². The van der Waals surface area contributed by atoms with Crippen molar-refractivity contribution in [3.63, 3.8) is 0 Å². The van der Waals surface area contributed by atoms with Crippen LogP contribution in [0.4, 0.5) is 0 Å². The van der Waals surface area contributed by atoms with Crippen LogP contribution in [0.25, 0.3) is 66.2 Å². The molecule has 0 aliphatic carbocycles. The smallest absolute Gasteiger partial charge is 0.144 e. The fraction of sp³-hybridized carbons (Fsp3) is 0.0833. The summed E-state index contributed by atoms with van der Waals surface area (Å²) >= 11 is 0. The zero-order valence-corrected chi connectivity index (χ0v) is 23.4. The maximum Gasteiger partial charge on any atom is 0.144 e. The van der Waals surface area contributed by atoms with Gasteiger partial charge >= 0.3 is 0 Å². The molecule has 7 aromatic rings. The maximum absolute atomic E-state index is 6.23. The fourth-order valence-corrected chi connectivity index (χ4v) is 6.61. The molecule has 7 rings (SSSR count). The lowest BCUT2D eigenvalue weighted by atomic mass is 9.98. The SMILES string of the molecule is C[Si](C)(C)c1ccc(-c2ccc3ccc(-c4ccc(-c5cccc6c5oc5ccccc56)nc4)cc3c2)cc1. The van der Waals surface area contributed by atoms with Crippen molar-refractivity contribution in [2.45, 2.75) is 19.6 Å². The van der Waals surface area contributed by atoms with Crippen molar-refractivity contribution >= 4 is 46.0 Å². The summed E-state index contributed by atoms with van der Waals surface area (Å²) < 4.78 is 6.23. The van der Waals surface area contributed by atoms with E-state index in [2.05, 4.69) is 117 Å². The predicted octanol–water partition coefficient (Wildman–Crippen LogP) is 9.68. The second kappa shape index (κ2) is 9.07. The predicted molar refractivity (Wildman–Crippen MR) is 168 cm³/mol. The van der Waals surface area contributed by atoms with Crippen molar-refractivity contribution in [2.75, 3.05) is 0 Å². The Morgan fingerprint density at radius 2 is 1.23 bits per heavy atom. The fourth-order valence-electron chi connectivity index (χ4n) is 5.44. The highest BCUT2D eigenvalue weighted by Crippen LogP contribution is 2.36. The molecule has 3 heteroatoms. The number of benzene rings is 5. The summed E-state index contributed by atoms with van der Waals surface area (Å²) in [6.45, 7) is 7.17. The van der Waals surface area contributed by atoms with Crippen LogP contribution >= 0.6 is 0 Å². The third-order valence-electron chi connectivity index (χ3n) is 7.70. The van der Waals surface area contributed by atoms with Crippen LogP contribution in [-0.4, -0.2) is 13.1 Å². The molecule has 0 N–H and O–H groups in total. The molecule has 2 heterocycles. The number of para-hydroxylation sites is 2. The molecule has 0 aliphatic heterocycles. The Bertz CT molecular complexity index is 1980. The number of aromatic nitrogens is 1. The van der Waals surface area contributed by atoms with Gasteiger partial charge in [-0.2, -0.15) is 0 Å². The zero-order valence-electron chi connectivity index (χ0n) is 22.4. The van der Waals surface area contributed by atoms with E-state index >= 15 is 0 Å². The van der Waals surface area contributed by atoms with Gasteiger partial charge in [0, 0.05) is 28.1 Å². The normalized spacial score (nSPS) is 12.0. The Morgan fingerprint density at radius 1 is 0.564 bits per heavy atom. The molecular formula is C36H29NOSi. The lowest BCUT2D eigenvalue weighted by Gasteiger charge is -2.17. The van der Waals surface area contributed by atoms with E-state index in [9.17, 15) is 0 Å². The zero-order chi connectivity index (χ0) is 26.6. The van der Waals surface area contributed by atoms with Crippen LogP contribution in [0, 0.1) is 0 Å². The number of rotatable bonds is 4. The van der Waals surface area contributed by atoms with Crippen LogP contribution < -0.4 is 5.19 Å². The standard InChI is InChI=1S/C36H29NOSi/c1-39(2,3)30-18-15-24(16-19-30)26-13-11-25-12-14-27(22-29(25)21-26)28-17-20-34(37-23-28)33-9-6-8-32-31-7-4-5-10-35(31)38-36(32)33/h4-23H,1-3H3. The Labute approximate surface area is 229 Å². The van der Waals surface area contributed by atoms with E-state index < -0.39 is 8.07 Å². The molecule has 0 radical (unpaired) electrons. The molecule has 39 heavy (non-hydrogen) atoms. The van der Waals surface area contributed by atoms with E-state index in [1.165, 1.54) is 27.1 Å².